The van der Waals surface area contributed by atoms with E-state index in [4.69, 9.17) is 15.7 Å². The summed E-state index contributed by atoms with van der Waals surface area (Å²) in [5, 5.41) is 11.9. The van der Waals surface area contributed by atoms with Gasteiger partial charge in [0.05, 0.1) is 12.7 Å². The third-order valence-electron chi connectivity index (χ3n) is 3.97. The fourth-order valence-electron chi connectivity index (χ4n) is 2.63. The standard InChI is InChI=1S/C15H24N4O2/c1-3-18-6-8-19(9-7-18)11-12-4-5-14(21-2)13(10-12)15(16)17-20/h4-5,10,20H,3,6-9,11H2,1-2H3,(H2,16,17). The number of nitrogens with two attached hydrogens (primary N) is 1. The number of likely N-dealkylation sites (N-methyl/N-ethyl adjacent to an activating group) is 1. The smallest absolute Gasteiger partial charge is 0.173 e. The molecule has 2 rings (SSSR count). The number of rotatable bonds is 5. The first-order valence-electron chi connectivity index (χ1n) is 7.27. The van der Waals surface area contributed by atoms with Gasteiger partial charge in [-0.05, 0) is 24.2 Å². The van der Waals surface area contributed by atoms with Crippen LogP contribution in [0.2, 0.25) is 0 Å². The summed E-state index contributed by atoms with van der Waals surface area (Å²) < 4.78 is 5.25. The summed E-state index contributed by atoms with van der Waals surface area (Å²) >= 11 is 0. The minimum atomic E-state index is 0.0736. The molecule has 0 aliphatic carbocycles. The molecule has 0 saturated carbocycles. The van der Waals surface area contributed by atoms with Gasteiger partial charge in [0.15, 0.2) is 5.84 Å². The highest BCUT2D eigenvalue weighted by Crippen LogP contribution is 2.21. The molecule has 6 nitrogen and oxygen atoms in total. The Balaban J connectivity index is 2.07. The molecule has 1 heterocycles. The summed E-state index contributed by atoms with van der Waals surface area (Å²) in [6.45, 7) is 8.54. The van der Waals surface area contributed by atoms with Crippen molar-refractivity contribution in [3.05, 3.63) is 29.3 Å². The zero-order valence-corrected chi connectivity index (χ0v) is 12.7. The second kappa shape index (κ2) is 7.28. The van der Waals surface area contributed by atoms with Gasteiger partial charge in [-0.25, -0.2) is 0 Å². The lowest BCUT2D eigenvalue weighted by Crippen LogP contribution is -2.45. The van der Waals surface area contributed by atoms with Gasteiger partial charge in [0.1, 0.15) is 5.75 Å². The Bertz CT molecular complexity index is 496. The number of hydrogen-bond acceptors (Lipinski definition) is 5. The molecule has 116 valence electrons. The Hall–Kier alpha value is -1.79. The summed E-state index contributed by atoms with van der Waals surface area (Å²) in [5.41, 5.74) is 7.48. The molecule has 0 spiro atoms. The number of methoxy groups -OCH3 is 1. The number of benzene rings is 1. The summed E-state index contributed by atoms with van der Waals surface area (Å²) in [5.74, 6) is 0.689. The lowest BCUT2D eigenvalue weighted by Gasteiger charge is -2.34. The Morgan fingerprint density at radius 1 is 1.29 bits per heavy atom. The summed E-state index contributed by atoms with van der Waals surface area (Å²) in [6.07, 6.45) is 0. The maximum atomic E-state index is 8.87. The molecule has 1 saturated heterocycles. The van der Waals surface area contributed by atoms with Crippen molar-refractivity contribution in [2.45, 2.75) is 13.5 Å². The van der Waals surface area contributed by atoms with Gasteiger partial charge >= 0.3 is 0 Å². The number of nitrogens with zero attached hydrogens (tertiary/aromatic N) is 3. The first-order valence-corrected chi connectivity index (χ1v) is 7.27. The van der Waals surface area contributed by atoms with Crippen LogP contribution >= 0.6 is 0 Å². The van der Waals surface area contributed by atoms with Crippen LogP contribution in [0, 0.1) is 0 Å². The number of oxime groups is 1. The highest BCUT2D eigenvalue weighted by Gasteiger charge is 2.16. The molecule has 1 aliphatic rings. The maximum absolute atomic E-state index is 8.87. The quantitative estimate of drug-likeness (QED) is 0.365. The van der Waals surface area contributed by atoms with Crippen LogP contribution in [0.15, 0.2) is 23.4 Å². The van der Waals surface area contributed by atoms with Gasteiger partial charge in [0.2, 0.25) is 0 Å². The normalized spacial score (nSPS) is 17.9. The van der Waals surface area contributed by atoms with E-state index < -0.39 is 0 Å². The maximum Gasteiger partial charge on any atom is 0.173 e. The zero-order chi connectivity index (χ0) is 15.2. The summed E-state index contributed by atoms with van der Waals surface area (Å²) in [6, 6.07) is 5.82. The van der Waals surface area contributed by atoms with Gasteiger partial charge in [-0.2, -0.15) is 0 Å². The Kier molecular flexibility index (Phi) is 5.41. The van der Waals surface area contributed by atoms with Crippen LogP contribution in [0.25, 0.3) is 0 Å². The van der Waals surface area contributed by atoms with Crippen molar-refractivity contribution in [2.24, 2.45) is 10.9 Å². The molecular formula is C15H24N4O2. The second-order valence-electron chi connectivity index (χ2n) is 5.23. The largest absolute Gasteiger partial charge is 0.496 e. The second-order valence-corrected chi connectivity index (χ2v) is 5.23. The SMILES string of the molecule is CCN1CCN(Cc2ccc(OC)c(C(N)=NO)c2)CC1. The molecule has 0 atom stereocenters. The molecule has 3 N–H and O–H groups in total. The molecule has 0 bridgehead atoms. The number of piperazine rings is 1. The minimum Gasteiger partial charge on any atom is -0.496 e. The van der Waals surface area contributed by atoms with Gasteiger partial charge in [-0.3, -0.25) is 4.90 Å². The van der Waals surface area contributed by atoms with E-state index in [0.29, 0.717) is 11.3 Å². The van der Waals surface area contributed by atoms with E-state index in [1.54, 1.807) is 7.11 Å². The fraction of sp³-hybridized carbons (Fsp3) is 0.533. The van der Waals surface area contributed by atoms with E-state index in [1.807, 2.05) is 18.2 Å². The van der Waals surface area contributed by atoms with E-state index in [2.05, 4.69) is 21.9 Å². The van der Waals surface area contributed by atoms with E-state index in [9.17, 15) is 0 Å². The third-order valence-corrected chi connectivity index (χ3v) is 3.97. The zero-order valence-electron chi connectivity index (χ0n) is 12.7. The molecule has 1 aromatic rings. The minimum absolute atomic E-state index is 0.0736. The molecule has 0 unspecified atom stereocenters. The Labute approximate surface area is 125 Å². The average Bonchev–Trinajstić information content (AvgIpc) is 2.54. The monoisotopic (exact) mass is 292 g/mol. The molecule has 1 aliphatic heterocycles. The number of hydrogen-bond donors (Lipinski definition) is 2. The molecule has 1 fully saturated rings. The van der Waals surface area contributed by atoms with Gasteiger partial charge < -0.3 is 20.6 Å². The van der Waals surface area contributed by atoms with Crippen molar-refractivity contribution in [2.75, 3.05) is 39.8 Å². The lowest BCUT2D eigenvalue weighted by molar-refractivity contribution is 0.132. The van der Waals surface area contributed by atoms with Crippen molar-refractivity contribution in [3.8, 4) is 5.75 Å². The van der Waals surface area contributed by atoms with Crippen LogP contribution in [-0.4, -0.2) is 60.7 Å². The molecule has 0 radical (unpaired) electrons. The topological polar surface area (TPSA) is 74.3 Å². The molecule has 0 amide bonds. The summed E-state index contributed by atoms with van der Waals surface area (Å²) in [7, 11) is 1.58. The van der Waals surface area contributed by atoms with Crippen molar-refractivity contribution in [3.63, 3.8) is 0 Å². The molecule has 21 heavy (non-hydrogen) atoms. The van der Waals surface area contributed by atoms with Crippen LogP contribution in [-0.2, 0) is 6.54 Å². The molecular weight excluding hydrogens is 268 g/mol. The van der Waals surface area contributed by atoms with E-state index in [0.717, 1.165) is 44.8 Å². The van der Waals surface area contributed by atoms with Gasteiger partial charge in [0, 0.05) is 32.7 Å². The Morgan fingerprint density at radius 3 is 2.52 bits per heavy atom. The highest BCUT2D eigenvalue weighted by molar-refractivity contribution is 5.99. The van der Waals surface area contributed by atoms with Crippen LogP contribution < -0.4 is 10.5 Å². The van der Waals surface area contributed by atoms with Gasteiger partial charge in [-0.1, -0.05) is 18.1 Å². The first kappa shape index (κ1) is 15.6. The average molecular weight is 292 g/mol. The van der Waals surface area contributed by atoms with E-state index >= 15 is 0 Å². The Morgan fingerprint density at radius 2 is 1.95 bits per heavy atom. The van der Waals surface area contributed by atoms with Crippen LogP contribution in [0.5, 0.6) is 5.75 Å². The lowest BCUT2D eigenvalue weighted by atomic mass is 10.1. The van der Waals surface area contributed by atoms with Crippen molar-refractivity contribution in [1.29, 1.82) is 0 Å². The van der Waals surface area contributed by atoms with Gasteiger partial charge in [0.25, 0.3) is 0 Å². The fourth-order valence-corrected chi connectivity index (χ4v) is 2.63. The summed E-state index contributed by atoms with van der Waals surface area (Å²) in [4.78, 5) is 4.87. The predicted octanol–water partition coefficient (Wildman–Crippen LogP) is 0.927. The van der Waals surface area contributed by atoms with E-state index in [-0.39, 0.29) is 5.84 Å². The van der Waals surface area contributed by atoms with Crippen molar-refractivity contribution in [1.82, 2.24) is 9.80 Å². The molecule has 6 heteroatoms. The first-order chi connectivity index (χ1) is 10.2. The van der Waals surface area contributed by atoms with Gasteiger partial charge in [-0.15, -0.1) is 0 Å². The van der Waals surface area contributed by atoms with E-state index in [1.165, 1.54) is 0 Å². The molecule has 0 aromatic heterocycles. The number of amidine groups is 1. The van der Waals surface area contributed by atoms with Crippen LogP contribution in [0.1, 0.15) is 18.1 Å². The predicted molar refractivity (Wildman–Crippen MR) is 82.9 cm³/mol. The van der Waals surface area contributed by atoms with Crippen molar-refractivity contribution >= 4 is 5.84 Å². The third kappa shape index (κ3) is 3.86. The van der Waals surface area contributed by atoms with Crippen molar-refractivity contribution < 1.29 is 9.94 Å². The molecule has 1 aromatic carbocycles. The van der Waals surface area contributed by atoms with Crippen LogP contribution in [0.4, 0.5) is 0 Å². The number of ether oxygens (including phenoxy) is 1. The van der Waals surface area contributed by atoms with Crippen LogP contribution in [0.3, 0.4) is 0 Å². The highest BCUT2D eigenvalue weighted by atomic mass is 16.5.